The van der Waals surface area contributed by atoms with E-state index in [-0.39, 0.29) is 18.6 Å². The highest BCUT2D eigenvalue weighted by molar-refractivity contribution is 9.10. The highest BCUT2D eigenvalue weighted by Crippen LogP contribution is 2.25. The van der Waals surface area contributed by atoms with Crippen molar-refractivity contribution in [2.24, 2.45) is 0 Å². The van der Waals surface area contributed by atoms with Gasteiger partial charge in [0.1, 0.15) is 11.5 Å². The van der Waals surface area contributed by atoms with Gasteiger partial charge in [-0.15, -0.1) is 0 Å². The predicted molar refractivity (Wildman–Crippen MR) is 99.8 cm³/mol. The van der Waals surface area contributed by atoms with Crippen LogP contribution in [0.3, 0.4) is 0 Å². The smallest absolute Gasteiger partial charge is 0.262 e. The number of rotatable bonds is 7. The largest absolute Gasteiger partial charge is 0.491 e. The van der Waals surface area contributed by atoms with Gasteiger partial charge >= 0.3 is 0 Å². The van der Waals surface area contributed by atoms with Crippen LogP contribution in [0.5, 0.6) is 11.5 Å². The zero-order valence-corrected chi connectivity index (χ0v) is 15.7. The summed E-state index contributed by atoms with van der Waals surface area (Å²) in [6.45, 7) is 6.02. The molecular weight excluding hydrogens is 370 g/mol. The first kappa shape index (κ1) is 18.3. The van der Waals surface area contributed by atoms with Gasteiger partial charge in [0, 0.05) is 11.8 Å². The van der Waals surface area contributed by atoms with E-state index in [4.69, 9.17) is 9.47 Å². The fourth-order valence-electron chi connectivity index (χ4n) is 2.03. The van der Waals surface area contributed by atoms with Gasteiger partial charge in [0.25, 0.3) is 5.91 Å². The van der Waals surface area contributed by atoms with Crippen molar-refractivity contribution in [3.05, 3.63) is 52.5 Å². The molecule has 4 nitrogen and oxygen atoms in total. The van der Waals surface area contributed by atoms with Gasteiger partial charge in [0.05, 0.1) is 10.6 Å². The van der Waals surface area contributed by atoms with E-state index in [9.17, 15) is 4.79 Å². The second kappa shape index (κ2) is 8.73. The number of anilines is 1. The van der Waals surface area contributed by atoms with Crippen molar-refractivity contribution in [2.75, 3.05) is 11.9 Å². The fraction of sp³-hybridized carbons (Fsp3) is 0.316. The molecule has 0 radical (unpaired) electrons. The van der Waals surface area contributed by atoms with Crippen LogP contribution in [0.4, 0.5) is 5.69 Å². The molecule has 1 unspecified atom stereocenters. The Morgan fingerprint density at radius 3 is 2.75 bits per heavy atom. The summed E-state index contributed by atoms with van der Waals surface area (Å²) in [6, 6.07) is 13.1. The van der Waals surface area contributed by atoms with Crippen LogP contribution in [-0.2, 0) is 4.79 Å². The van der Waals surface area contributed by atoms with Crippen molar-refractivity contribution in [2.45, 2.75) is 33.3 Å². The average Bonchev–Trinajstić information content (AvgIpc) is 2.54. The Hall–Kier alpha value is -2.01. The van der Waals surface area contributed by atoms with Crippen LogP contribution in [0.25, 0.3) is 0 Å². The first-order chi connectivity index (χ1) is 11.5. The van der Waals surface area contributed by atoms with Crippen LogP contribution >= 0.6 is 15.9 Å². The molecule has 128 valence electrons. The summed E-state index contributed by atoms with van der Waals surface area (Å²) in [5.74, 6) is 1.16. The highest BCUT2D eigenvalue weighted by atomic mass is 79.9. The van der Waals surface area contributed by atoms with Gasteiger partial charge in [0.2, 0.25) is 0 Å². The van der Waals surface area contributed by atoms with Gasteiger partial charge in [-0.25, -0.2) is 0 Å². The lowest BCUT2D eigenvalue weighted by Crippen LogP contribution is -2.20. The molecule has 5 heteroatoms. The number of hydrogen-bond acceptors (Lipinski definition) is 3. The summed E-state index contributed by atoms with van der Waals surface area (Å²) in [5, 5.41) is 2.82. The zero-order valence-electron chi connectivity index (χ0n) is 14.1. The van der Waals surface area contributed by atoms with Crippen molar-refractivity contribution in [3.63, 3.8) is 0 Å². The van der Waals surface area contributed by atoms with E-state index in [2.05, 4.69) is 28.2 Å². The van der Waals surface area contributed by atoms with E-state index in [1.807, 2.05) is 56.3 Å². The molecule has 24 heavy (non-hydrogen) atoms. The SMILES string of the molecule is CCC(C)Oc1cccc(NC(=O)COc2ccc(C)cc2Br)c1. The Balaban J connectivity index is 1.91. The molecule has 0 saturated carbocycles. The van der Waals surface area contributed by atoms with Crippen molar-refractivity contribution < 1.29 is 14.3 Å². The molecule has 1 atom stereocenters. The lowest BCUT2D eigenvalue weighted by molar-refractivity contribution is -0.118. The van der Waals surface area contributed by atoms with Crippen LogP contribution in [-0.4, -0.2) is 18.6 Å². The molecule has 1 amide bonds. The summed E-state index contributed by atoms with van der Waals surface area (Å²) < 4.78 is 12.1. The molecule has 2 aromatic carbocycles. The number of ether oxygens (including phenoxy) is 2. The fourth-order valence-corrected chi connectivity index (χ4v) is 2.63. The molecule has 0 aliphatic heterocycles. The maximum absolute atomic E-state index is 12.1. The minimum absolute atomic E-state index is 0.0574. The van der Waals surface area contributed by atoms with E-state index in [0.29, 0.717) is 11.4 Å². The Morgan fingerprint density at radius 2 is 2.04 bits per heavy atom. The van der Waals surface area contributed by atoms with Gasteiger partial charge in [-0.05, 0) is 66.0 Å². The summed E-state index contributed by atoms with van der Waals surface area (Å²) in [7, 11) is 0. The number of carbonyl (C=O) groups excluding carboxylic acids is 1. The van der Waals surface area contributed by atoms with Crippen LogP contribution in [0.15, 0.2) is 46.9 Å². The lowest BCUT2D eigenvalue weighted by Gasteiger charge is -2.14. The minimum atomic E-state index is -0.219. The van der Waals surface area contributed by atoms with Crippen LogP contribution in [0.1, 0.15) is 25.8 Å². The second-order valence-corrected chi connectivity index (χ2v) is 6.49. The predicted octanol–water partition coefficient (Wildman–Crippen LogP) is 4.95. The van der Waals surface area contributed by atoms with Crippen molar-refractivity contribution in [3.8, 4) is 11.5 Å². The van der Waals surface area contributed by atoms with Crippen LogP contribution < -0.4 is 14.8 Å². The van der Waals surface area contributed by atoms with Gasteiger partial charge in [0.15, 0.2) is 6.61 Å². The van der Waals surface area contributed by atoms with Crippen molar-refractivity contribution >= 4 is 27.5 Å². The minimum Gasteiger partial charge on any atom is -0.491 e. The van der Waals surface area contributed by atoms with Gasteiger partial charge in [-0.1, -0.05) is 19.1 Å². The number of hydrogen-bond donors (Lipinski definition) is 1. The maximum Gasteiger partial charge on any atom is 0.262 e. The van der Waals surface area contributed by atoms with E-state index >= 15 is 0 Å². The summed E-state index contributed by atoms with van der Waals surface area (Å²) in [4.78, 5) is 12.1. The van der Waals surface area contributed by atoms with Crippen LogP contribution in [0.2, 0.25) is 0 Å². The third-order valence-corrected chi connectivity index (χ3v) is 4.10. The molecule has 2 aromatic rings. The molecule has 0 fully saturated rings. The van der Waals surface area contributed by atoms with E-state index in [1.54, 1.807) is 0 Å². The van der Waals surface area contributed by atoms with Crippen LogP contribution in [0, 0.1) is 6.92 Å². The average molecular weight is 392 g/mol. The number of halogens is 1. The zero-order chi connectivity index (χ0) is 17.5. The molecule has 2 rings (SSSR count). The Morgan fingerprint density at radius 1 is 1.25 bits per heavy atom. The topological polar surface area (TPSA) is 47.6 Å². The first-order valence-electron chi connectivity index (χ1n) is 7.93. The quantitative estimate of drug-likeness (QED) is 0.725. The molecule has 0 heterocycles. The monoisotopic (exact) mass is 391 g/mol. The first-order valence-corrected chi connectivity index (χ1v) is 8.72. The van der Waals surface area contributed by atoms with Gasteiger partial charge < -0.3 is 14.8 Å². The van der Waals surface area contributed by atoms with E-state index in [0.717, 1.165) is 22.2 Å². The Labute approximate surface area is 151 Å². The molecule has 0 spiro atoms. The maximum atomic E-state index is 12.1. The normalized spacial score (nSPS) is 11.7. The van der Waals surface area contributed by atoms with E-state index in [1.165, 1.54) is 0 Å². The summed E-state index contributed by atoms with van der Waals surface area (Å²) >= 11 is 3.43. The number of aryl methyl sites for hydroxylation is 1. The van der Waals surface area contributed by atoms with Gasteiger partial charge in [-0.2, -0.15) is 0 Å². The standard InChI is InChI=1S/C19H22BrNO3/c1-4-14(3)24-16-7-5-6-15(11-16)21-19(22)12-23-18-9-8-13(2)10-17(18)20/h5-11,14H,4,12H2,1-3H3,(H,21,22). The van der Waals surface area contributed by atoms with E-state index < -0.39 is 0 Å². The Kier molecular flexibility index (Phi) is 6.67. The molecule has 0 saturated heterocycles. The molecule has 0 bridgehead atoms. The number of carbonyl (C=O) groups is 1. The molecule has 0 aliphatic rings. The highest BCUT2D eigenvalue weighted by Gasteiger charge is 2.08. The molecule has 0 aliphatic carbocycles. The number of benzene rings is 2. The third kappa shape index (κ3) is 5.57. The Bertz CT molecular complexity index is 703. The third-order valence-electron chi connectivity index (χ3n) is 3.48. The summed E-state index contributed by atoms with van der Waals surface area (Å²) in [5.41, 5.74) is 1.81. The van der Waals surface area contributed by atoms with Crippen molar-refractivity contribution in [1.29, 1.82) is 0 Å². The summed E-state index contributed by atoms with van der Waals surface area (Å²) in [6.07, 6.45) is 1.06. The molecular formula is C19H22BrNO3. The lowest BCUT2D eigenvalue weighted by atomic mass is 10.2. The molecule has 0 aromatic heterocycles. The molecule has 1 N–H and O–H groups in total. The van der Waals surface area contributed by atoms with Crippen molar-refractivity contribution in [1.82, 2.24) is 0 Å². The second-order valence-electron chi connectivity index (χ2n) is 5.64. The number of amides is 1. The van der Waals surface area contributed by atoms with Gasteiger partial charge in [-0.3, -0.25) is 4.79 Å². The number of nitrogens with one attached hydrogen (secondary N) is 1.